The zero-order valence-electron chi connectivity index (χ0n) is 10.4. The number of rotatable bonds is 5. The average molecular weight is 240 g/mol. The normalized spacial score (nSPS) is 10.1. The van der Waals surface area contributed by atoms with Gasteiger partial charge in [0, 0.05) is 6.42 Å². The van der Waals surface area contributed by atoms with Crippen molar-refractivity contribution in [3.8, 4) is 5.75 Å². The molecule has 0 aliphatic heterocycles. The highest BCUT2D eigenvalue weighted by Crippen LogP contribution is 2.20. The number of ketones is 1. The van der Waals surface area contributed by atoms with E-state index in [0.29, 0.717) is 24.3 Å². The molecule has 0 fully saturated rings. The highest BCUT2D eigenvalue weighted by atomic mass is 16.5. The van der Waals surface area contributed by atoms with Crippen LogP contribution in [0.25, 0.3) is 0 Å². The molecule has 0 aliphatic carbocycles. The monoisotopic (exact) mass is 240 g/mol. The van der Waals surface area contributed by atoms with Crippen LogP contribution in [0.4, 0.5) is 0 Å². The summed E-state index contributed by atoms with van der Waals surface area (Å²) >= 11 is 0. The van der Waals surface area contributed by atoms with Gasteiger partial charge < -0.3 is 4.74 Å². The Morgan fingerprint density at radius 2 is 1.67 bits per heavy atom. The fourth-order valence-corrected chi connectivity index (χ4v) is 1.85. The van der Waals surface area contributed by atoms with Crippen molar-refractivity contribution < 1.29 is 9.53 Å². The Morgan fingerprint density at radius 1 is 1.00 bits per heavy atom. The van der Waals surface area contributed by atoms with Gasteiger partial charge in [-0.15, -0.1) is 0 Å². The van der Waals surface area contributed by atoms with Crippen molar-refractivity contribution in [3.63, 3.8) is 0 Å². The van der Waals surface area contributed by atoms with Crippen molar-refractivity contribution in [2.75, 3.05) is 6.61 Å². The van der Waals surface area contributed by atoms with Gasteiger partial charge in [-0.05, 0) is 24.6 Å². The topological polar surface area (TPSA) is 26.3 Å². The molecular weight excluding hydrogens is 224 g/mol. The molecule has 2 heteroatoms. The van der Waals surface area contributed by atoms with Crippen LogP contribution in [0.1, 0.15) is 22.8 Å². The molecule has 0 unspecified atom stereocenters. The van der Waals surface area contributed by atoms with E-state index >= 15 is 0 Å². The van der Waals surface area contributed by atoms with Gasteiger partial charge in [0.25, 0.3) is 0 Å². The van der Waals surface area contributed by atoms with Crippen molar-refractivity contribution >= 4 is 5.78 Å². The van der Waals surface area contributed by atoms with Crippen LogP contribution in [0.3, 0.4) is 0 Å². The van der Waals surface area contributed by atoms with E-state index in [1.807, 2.05) is 61.5 Å². The zero-order chi connectivity index (χ0) is 12.8. The van der Waals surface area contributed by atoms with E-state index in [9.17, 15) is 4.79 Å². The Hall–Kier alpha value is -2.09. The largest absolute Gasteiger partial charge is 0.493 e. The molecule has 0 atom stereocenters. The summed E-state index contributed by atoms with van der Waals surface area (Å²) in [6.07, 6.45) is 0.408. The second-order valence-corrected chi connectivity index (χ2v) is 4.01. The van der Waals surface area contributed by atoms with Gasteiger partial charge in [-0.1, -0.05) is 42.5 Å². The number of Topliss-reactive ketones (excluding diaryl/α,β-unsaturated/α-hetero) is 1. The number of carbonyl (C=O) groups is 1. The fourth-order valence-electron chi connectivity index (χ4n) is 1.85. The second kappa shape index (κ2) is 6.01. The average Bonchev–Trinajstić information content (AvgIpc) is 2.41. The lowest BCUT2D eigenvalue weighted by Gasteiger charge is -2.08. The predicted molar refractivity (Wildman–Crippen MR) is 72.1 cm³/mol. The van der Waals surface area contributed by atoms with Gasteiger partial charge in [-0.2, -0.15) is 0 Å². The molecule has 0 aromatic heterocycles. The maximum atomic E-state index is 12.2. The van der Waals surface area contributed by atoms with Crippen molar-refractivity contribution in [1.29, 1.82) is 0 Å². The predicted octanol–water partition coefficient (Wildman–Crippen LogP) is 3.51. The third kappa shape index (κ3) is 2.98. The third-order valence-corrected chi connectivity index (χ3v) is 2.69. The Kier molecular flexibility index (Phi) is 4.13. The lowest BCUT2D eigenvalue weighted by Crippen LogP contribution is -2.06. The van der Waals surface area contributed by atoms with Gasteiger partial charge in [0.15, 0.2) is 5.78 Å². The molecule has 2 aromatic carbocycles. The molecule has 0 saturated carbocycles. The fraction of sp³-hybridized carbons (Fsp3) is 0.188. The molecule has 0 radical (unpaired) electrons. The van der Waals surface area contributed by atoms with Crippen LogP contribution in [0.15, 0.2) is 54.6 Å². The molecule has 18 heavy (non-hydrogen) atoms. The van der Waals surface area contributed by atoms with Gasteiger partial charge in [-0.25, -0.2) is 0 Å². The summed E-state index contributed by atoms with van der Waals surface area (Å²) in [5, 5.41) is 0. The minimum absolute atomic E-state index is 0.0882. The van der Waals surface area contributed by atoms with Gasteiger partial charge in [0.1, 0.15) is 5.75 Å². The highest BCUT2D eigenvalue weighted by Gasteiger charge is 2.12. The van der Waals surface area contributed by atoms with E-state index in [2.05, 4.69) is 0 Å². The van der Waals surface area contributed by atoms with E-state index in [-0.39, 0.29) is 5.78 Å². The summed E-state index contributed by atoms with van der Waals surface area (Å²) in [6.45, 7) is 2.48. The maximum absolute atomic E-state index is 12.2. The second-order valence-electron chi connectivity index (χ2n) is 4.01. The molecule has 2 nitrogen and oxygen atoms in total. The van der Waals surface area contributed by atoms with Crippen LogP contribution in [0, 0.1) is 0 Å². The third-order valence-electron chi connectivity index (χ3n) is 2.69. The van der Waals surface area contributed by atoms with E-state index in [1.54, 1.807) is 0 Å². The minimum Gasteiger partial charge on any atom is -0.493 e. The summed E-state index contributed by atoms with van der Waals surface area (Å²) in [4.78, 5) is 12.2. The lowest BCUT2D eigenvalue weighted by molar-refractivity contribution is 0.0989. The number of benzene rings is 2. The summed E-state index contributed by atoms with van der Waals surface area (Å²) in [7, 11) is 0. The lowest BCUT2D eigenvalue weighted by atomic mass is 10.0. The minimum atomic E-state index is 0.0882. The van der Waals surface area contributed by atoms with Gasteiger partial charge >= 0.3 is 0 Å². The Bertz CT molecular complexity index is 518. The number of hydrogen-bond acceptors (Lipinski definition) is 2. The Morgan fingerprint density at radius 3 is 2.39 bits per heavy atom. The number of ether oxygens (including phenoxy) is 1. The summed E-state index contributed by atoms with van der Waals surface area (Å²) in [5.41, 5.74) is 1.68. The van der Waals surface area contributed by atoms with E-state index < -0.39 is 0 Å². The van der Waals surface area contributed by atoms with E-state index in [0.717, 1.165) is 5.56 Å². The van der Waals surface area contributed by atoms with Crippen molar-refractivity contribution in [2.45, 2.75) is 13.3 Å². The first-order chi connectivity index (χ1) is 8.81. The molecule has 0 saturated heterocycles. The molecule has 92 valence electrons. The number of carbonyl (C=O) groups excluding carboxylic acids is 1. The molecule has 2 aromatic rings. The van der Waals surface area contributed by atoms with Gasteiger partial charge in [0.05, 0.1) is 12.2 Å². The molecule has 0 N–H and O–H groups in total. The van der Waals surface area contributed by atoms with Crippen LogP contribution in [0.5, 0.6) is 5.75 Å². The van der Waals surface area contributed by atoms with Crippen LogP contribution < -0.4 is 4.74 Å². The molecule has 0 aliphatic rings. The quantitative estimate of drug-likeness (QED) is 0.747. The first-order valence-electron chi connectivity index (χ1n) is 6.10. The van der Waals surface area contributed by atoms with E-state index in [4.69, 9.17) is 4.74 Å². The van der Waals surface area contributed by atoms with Crippen LogP contribution in [0.2, 0.25) is 0 Å². The van der Waals surface area contributed by atoms with Gasteiger partial charge in [-0.3, -0.25) is 4.79 Å². The Balaban J connectivity index is 2.19. The summed E-state index contributed by atoms with van der Waals surface area (Å²) < 4.78 is 5.47. The van der Waals surface area contributed by atoms with Crippen molar-refractivity contribution in [3.05, 3.63) is 65.7 Å². The number of para-hydroxylation sites is 1. The standard InChI is InChI=1S/C16H16O2/c1-2-18-16-11-7-6-10-14(16)15(17)12-13-8-4-3-5-9-13/h3-11H,2,12H2,1H3. The highest BCUT2D eigenvalue weighted by molar-refractivity contribution is 5.99. The summed E-state index contributed by atoms with van der Waals surface area (Å²) in [5.74, 6) is 0.756. The molecule has 0 bridgehead atoms. The first kappa shape index (κ1) is 12.4. The molecule has 0 amide bonds. The van der Waals surface area contributed by atoms with Crippen molar-refractivity contribution in [1.82, 2.24) is 0 Å². The molecular formula is C16H16O2. The van der Waals surface area contributed by atoms with E-state index in [1.165, 1.54) is 0 Å². The molecule has 2 rings (SSSR count). The number of hydrogen-bond donors (Lipinski definition) is 0. The molecule has 0 heterocycles. The summed E-state index contributed by atoms with van der Waals surface area (Å²) in [6, 6.07) is 17.1. The van der Waals surface area contributed by atoms with Crippen LogP contribution >= 0.6 is 0 Å². The SMILES string of the molecule is CCOc1ccccc1C(=O)Cc1ccccc1. The zero-order valence-corrected chi connectivity index (χ0v) is 10.4. The van der Waals surface area contributed by atoms with Crippen LogP contribution in [-0.2, 0) is 6.42 Å². The maximum Gasteiger partial charge on any atom is 0.170 e. The first-order valence-corrected chi connectivity index (χ1v) is 6.10. The molecule has 0 spiro atoms. The van der Waals surface area contributed by atoms with Gasteiger partial charge in [0.2, 0.25) is 0 Å². The van der Waals surface area contributed by atoms with Crippen LogP contribution in [-0.4, -0.2) is 12.4 Å². The Labute approximate surface area is 107 Å². The smallest absolute Gasteiger partial charge is 0.170 e. The van der Waals surface area contributed by atoms with Crippen molar-refractivity contribution in [2.24, 2.45) is 0 Å².